The van der Waals surface area contributed by atoms with Gasteiger partial charge in [0.05, 0.1) is 12.2 Å². The molecule has 0 unspecified atom stereocenters. The van der Waals surface area contributed by atoms with Crippen LogP contribution >= 0.6 is 0 Å². The van der Waals surface area contributed by atoms with E-state index in [1.807, 2.05) is 35.9 Å². The number of nitrogens with zero attached hydrogens (tertiary/aromatic N) is 2. The average molecular weight is 319 g/mol. The molecule has 1 N–H and O–H groups in total. The van der Waals surface area contributed by atoms with E-state index in [1.54, 1.807) is 24.3 Å². The van der Waals surface area contributed by atoms with E-state index in [4.69, 9.17) is 11.2 Å². The lowest BCUT2D eigenvalue weighted by atomic mass is 10.2. The van der Waals surface area contributed by atoms with Crippen molar-refractivity contribution in [3.05, 3.63) is 65.6 Å². The van der Waals surface area contributed by atoms with Gasteiger partial charge in [0.2, 0.25) is 0 Å². The Bertz CT molecular complexity index is 922. The van der Waals surface area contributed by atoms with Crippen LogP contribution in [0.4, 0.5) is 0 Å². The zero-order valence-electron chi connectivity index (χ0n) is 13.3. The third kappa shape index (κ3) is 3.55. The Morgan fingerprint density at radius 1 is 1.33 bits per heavy atom. The Balaban J connectivity index is 1.69. The Hall–Kier alpha value is -3.26. The largest absolute Gasteiger partial charge is 0.487 e. The molecule has 5 heteroatoms. The minimum atomic E-state index is -0.221. The second-order valence-corrected chi connectivity index (χ2v) is 5.41. The predicted molar refractivity (Wildman–Crippen MR) is 91.9 cm³/mol. The minimum Gasteiger partial charge on any atom is -0.487 e. The SMILES string of the molecule is C#CCNC(=O)c1cccc(OCc2cn3cc(C)ccc3n2)c1. The smallest absolute Gasteiger partial charge is 0.252 e. The highest BCUT2D eigenvalue weighted by Gasteiger charge is 2.07. The summed E-state index contributed by atoms with van der Waals surface area (Å²) in [6.07, 6.45) is 9.09. The number of benzene rings is 1. The number of aryl methyl sites for hydroxylation is 1. The maximum absolute atomic E-state index is 11.9. The molecule has 2 heterocycles. The van der Waals surface area contributed by atoms with Crippen LogP contribution in [0.1, 0.15) is 21.6 Å². The summed E-state index contributed by atoms with van der Waals surface area (Å²) in [4.78, 5) is 16.4. The third-order valence-electron chi connectivity index (χ3n) is 3.48. The molecule has 3 rings (SSSR count). The number of ether oxygens (including phenoxy) is 1. The fraction of sp³-hybridized carbons (Fsp3) is 0.158. The molecule has 0 fully saturated rings. The van der Waals surface area contributed by atoms with Crippen molar-refractivity contribution in [3.63, 3.8) is 0 Å². The Morgan fingerprint density at radius 3 is 3.04 bits per heavy atom. The van der Waals surface area contributed by atoms with Crippen molar-refractivity contribution >= 4 is 11.6 Å². The molecule has 0 saturated carbocycles. The van der Waals surface area contributed by atoms with Crippen LogP contribution < -0.4 is 10.1 Å². The number of carbonyl (C=O) groups is 1. The highest BCUT2D eigenvalue weighted by Crippen LogP contribution is 2.16. The maximum atomic E-state index is 11.9. The number of hydrogen-bond acceptors (Lipinski definition) is 3. The minimum absolute atomic E-state index is 0.199. The van der Waals surface area contributed by atoms with Crippen LogP contribution in [0.5, 0.6) is 5.75 Å². The molecule has 5 nitrogen and oxygen atoms in total. The number of pyridine rings is 1. The summed E-state index contributed by atoms with van der Waals surface area (Å²) in [6, 6.07) is 11.0. The molecular weight excluding hydrogens is 302 g/mol. The highest BCUT2D eigenvalue weighted by atomic mass is 16.5. The van der Waals surface area contributed by atoms with E-state index in [-0.39, 0.29) is 12.5 Å². The van der Waals surface area contributed by atoms with E-state index in [9.17, 15) is 4.79 Å². The molecule has 0 radical (unpaired) electrons. The van der Waals surface area contributed by atoms with Gasteiger partial charge in [0.15, 0.2) is 0 Å². The quantitative estimate of drug-likeness (QED) is 0.736. The van der Waals surface area contributed by atoms with Crippen molar-refractivity contribution in [2.24, 2.45) is 0 Å². The van der Waals surface area contributed by atoms with Crippen molar-refractivity contribution in [3.8, 4) is 18.1 Å². The van der Waals surface area contributed by atoms with E-state index >= 15 is 0 Å². The summed E-state index contributed by atoms with van der Waals surface area (Å²) in [6.45, 7) is 2.56. The van der Waals surface area contributed by atoms with Gasteiger partial charge in [-0.05, 0) is 36.8 Å². The number of carbonyl (C=O) groups excluding carboxylic acids is 1. The Labute approximate surface area is 140 Å². The molecule has 0 atom stereocenters. The molecule has 1 aromatic carbocycles. The average Bonchev–Trinajstić information content (AvgIpc) is 3.00. The lowest BCUT2D eigenvalue weighted by Crippen LogP contribution is -2.23. The molecule has 0 bridgehead atoms. The van der Waals surface area contributed by atoms with E-state index < -0.39 is 0 Å². The van der Waals surface area contributed by atoms with Gasteiger partial charge in [-0.3, -0.25) is 4.79 Å². The molecule has 3 aromatic rings. The van der Waals surface area contributed by atoms with Gasteiger partial charge >= 0.3 is 0 Å². The van der Waals surface area contributed by atoms with Gasteiger partial charge in [-0.2, -0.15) is 0 Å². The van der Waals surface area contributed by atoms with Gasteiger partial charge in [0, 0.05) is 18.0 Å². The topological polar surface area (TPSA) is 55.6 Å². The van der Waals surface area contributed by atoms with Gasteiger partial charge < -0.3 is 14.5 Å². The Morgan fingerprint density at radius 2 is 2.21 bits per heavy atom. The number of terminal acetylenes is 1. The number of fused-ring (bicyclic) bond motifs is 1. The standard InChI is InChI=1S/C19H17N3O2/c1-3-9-20-19(23)15-5-4-6-17(10-15)24-13-16-12-22-11-14(2)7-8-18(22)21-16/h1,4-8,10-12H,9,13H2,2H3,(H,20,23). The first kappa shape index (κ1) is 15.6. The molecule has 2 aromatic heterocycles. The van der Waals surface area contributed by atoms with Gasteiger partial charge in [0.25, 0.3) is 5.91 Å². The molecule has 1 amide bonds. The summed E-state index contributed by atoms with van der Waals surface area (Å²) in [5.41, 5.74) is 3.37. The van der Waals surface area contributed by atoms with Crippen LogP contribution in [-0.4, -0.2) is 21.8 Å². The van der Waals surface area contributed by atoms with Crippen LogP contribution in [0, 0.1) is 19.3 Å². The summed E-state index contributed by atoms with van der Waals surface area (Å²) in [5.74, 6) is 2.76. The molecule has 0 spiro atoms. The van der Waals surface area contributed by atoms with Crippen LogP contribution in [-0.2, 0) is 6.61 Å². The zero-order chi connectivity index (χ0) is 16.9. The lowest BCUT2D eigenvalue weighted by molar-refractivity contribution is 0.0958. The number of rotatable bonds is 5. The van der Waals surface area contributed by atoms with E-state index in [2.05, 4.69) is 16.2 Å². The Kier molecular flexibility index (Phi) is 4.48. The lowest BCUT2D eigenvalue weighted by Gasteiger charge is -2.06. The number of imidazole rings is 1. The fourth-order valence-electron chi connectivity index (χ4n) is 2.34. The molecular formula is C19H17N3O2. The molecule has 120 valence electrons. The summed E-state index contributed by atoms with van der Waals surface area (Å²) in [5, 5.41) is 2.63. The summed E-state index contributed by atoms with van der Waals surface area (Å²) in [7, 11) is 0. The van der Waals surface area contributed by atoms with Crippen LogP contribution in [0.3, 0.4) is 0 Å². The zero-order valence-corrected chi connectivity index (χ0v) is 13.3. The van der Waals surface area contributed by atoms with Crippen molar-refractivity contribution in [2.45, 2.75) is 13.5 Å². The molecule has 24 heavy (non-hydrogen) atoms. The van der Waals surface area contributed by atoms with Gasteiger partial charge in [-0.25, -0.2) is 4.98 Å². The van der Waals surface area contributed by atoms with Crippen molar-refractivity contribution in [2.75, 3.05) is 6.54 Å². The van der Waals surface area contributed by atoms with Crippen LogP contribution in [0.15, 0.2) is 48.8 Å². The van der Waals surface area contributed by atoms with Crippen LogP contribution in [0.2, 0.25) is 0 Å². The van der Waals surface area contributed by atoms with Gasteiger partial charge in [-0.1, -0.05) is 18.1 Å². The van der Waals surface area contributed by atoms with E-state index in [0.29, 0.717) is 17.9 Å². The monoisotopic (exact) mass is 319 g/mol. The maximum Gasteiger partial charge on any atom is 0.252 e. The number of nitrogens with one attached hydrogen (secondary N) is 1. The normalized spacial score (nSPS) is 10.3. The number of hydrogen-bond donors (Lipinski definition) is 1. The highest BCUT2D eigenvalue weighted by molar-refractivity contribution is 5.94. The second-order valence-electron chi connectivity index (χ2n) is 5.41. The summed E-state index contributed by atoms with van der Waals surface area (Å²) >= 11 is 0. The fourth-order valence-corrected chi connectivity index (χ4v) is 2.34. The number of aromatic nitrogens is 2. The van der Waals surface area contributed by atoms with E-state index in [1.165, 1.54) is 0 Å². The number of amides is 1. The molecule has 0 aliphatic heterocycles. The van der Waals surface area contributed by atoms with Crippen molar-refractivity contribution in [1.82, 2.24) is 14.7 Å². The first-order chi connectivity index (χ1) is 11.7. The molecule has 0 saturated heterocycles. The third-order valence-corrected chi connectivity index (χ3v) is 3.48. The first-order valence-corrected chi connectivity index (χ1v) is 7.54. The van der Waals surface area contributed by atoms with Crippen molar-refractivity contribution < 1.29 is 9.53 Å². The van der Waals surface area contributed by atoms with E-state index in [0.717, 1.165) is 16.9 Å². The first-order valence-electron chi connectivity index (χ1n) is 7.54. The molecule has 0 aliphatic carbocycles. The summed E-state index contributed by atoms with van der Waals surface area (Å²) < 4.78 is 7.72. The van der Waals surface area contributed by atoms with Crippen molar-refractivity contribution in [1.29, 1.82) is 0 Å². The van der Waals surface area contributed by atoms with Gasteiger partial charge in [-0.15, -0.1) is 6.42 Å². The van der Waals surface area contributed by atoms with Crippen LogP contribution in [0.25, 0.3) is 5.65 Å². The second kappa shape index (κ2) is 6.88. The van der Waals surface area contributed by atoms with Gasteiger partial charge in [0.1, 0.15) is 18.0 Å². The molecule has 0 aliphatic rings. The predicted octanol–water partition coefficient (Wildman–Crippen LogP) is 2.58.